The largest absolute Gasteiger partial charge is 0.462 e. The summed E-state index contributed by atoms with van der Waals surface area (Å²) in [7, 11) is 4.33. The Bertz CT molecular complexity index is 735. The van der Waals surface area contributed by atoms with E-state index in [1.165, 1.54) is 89.9 Å². The van der Waals surface area contributed by atoms with Crippen molar-refractivity contribution in [2.24, 2.45) is 0 Å². The molecule has 0 aromatic heterocycles. The Kier molecular flexibility index (Phi) is 24.2. The molecule has 42 heavy (non-hydrogen) atoms. The second kappa shape index (κ2) is 26.7. The molecule has 0 aliphatic carbocycles. The van der Waals surface area contributed by atoms with E-state index in [2.05, 4.69) is 37.7 Å². The average Bonchev–Trinajstić information content (AvgIpc) is 2.99. The molecule has 0 fully saturated rings. The zero-order chi connectivity index (χ0) is 30.7. The van der Waals surface area contributed by atoms with E-state index in [4.69, 9.17) is 9.47 Å². The molecule has 0 radical (unpaired) electrons. The van der Waals surface area contributed by atoms with Crippen LogP contribution in [-0.4, -0.2) is 75.2 Å². The van der Waals surface area contributed by atoms with Gasteiger partial charge in [0.05, 0.1) is 24.3 Å². The SMILES string of the molecule is CCCCCCCCCN(C)CCCCOC(=O)c1ccccc1C(=O)OCCCCN(C)CCCCCCCCC. The van der Waals surface area contributed by atoms with Crippen molar-refractivity contribution < 1.29 is 19.1 Å². The van der Waals surface area contributed by atoms with Gasteiger partial charge in [-0.05, 0) is 90.9 Å². The van der Waals surface area contributed by atoms with Crippen LogP contribution < -0.4 is 0 Å². The molecule has 242 valence electrons. The molecule has 0 saturated carbocycles. The van der Waals surface area contributed by atoms with Gasteiger partial charge in [0.25, 0.3) is 0 Å². The lowest BCUT2D eigenvalue weighted by atomic mass is 10.1. The number of nitrogens with zero attached hydrogens (tertiary/aromatic N) is 2. The summed E-state index contributed by atoms with van der Waals surface area (Å²) in [6.07, 6.45) is 22.2. The number of ether oxygens (including phenoxy) is 2. The van der Waals surface area contributed by atoms with Gasteiger partial charge in [-0.1, -0.05) is 103 Å². The Morgan fingerprint density at radius 1 is 0.500 bits per heavy atom. The van der Waals surface area contributed by atoms with Crippen LogP contribution in [0.4, 0.5) is 0 Å². The zero-order valence-corrected chi connectivity index (χ0v) is 27.8. The number of carbonyl (C=O) groups excluding carboxylic acids is 2. The van der Waals surface area contributed by atoms with Gasteiger partial charge in [-0.2, -0.15) is 0 Å². The summed E-state index contributed by atoms with van der Waals surface area (Å²) in [6, 6.07) is 6.81. The number of esters is 2. The number of carbonyl (C=O) groups is 2. The molecule has 1 aromatic rings. The summed E-state index contributed by atoms with van der Waals surface area (Å²) in [5, 5.41) is 0. The van der Waals surface area contributed by atoms with Gasteiger partial charge in [0.2, 0.25) is 0 Å². The van der Waals surface area contributed by atoms with Gasteiger partial charge in [0, 0.05) is 0 Å². The van der Waals surface area contributed by atoms with Gasteiger partial charge in [-0.15, -0.1) is 0 Å². The fourth-order valence-electron chi connectivity index (χ4n) is 5.19. The Morgan fingerprint density at radius 3 is 1.17 bits per heavy atom. The maximum atomic E-state index is 12.7. The number of unbranched alkanes of at least 4 members (excludes halogenated alkanes) is 14. The molecule has 1 aromatic carbocycles. The lowest BCUT2D eigenvalue weighted by Crippen LogP contribution is -2.21. The molecule has 1 rings (SSSR count). The first kappa shape index (κ1) is 38.1. The first-order valence-electron chi connectivity index (χ1n) is 17.3. The molecule has 6 heteroatoms. The molecule has 0 atom stereocenters. The molecule has 0 aliphatic rings. The van der Waals surface area contributed by atoms with E-state index < -0.39 is 11.9 Å². The van der Waals surface area contributed by atoms with E-state index in [-0.39, 0.29) is 11.1 Å². The van der Waals surface area contributed by atoms with E-state index in [1.54, 1.807) is 24.3 Å². The number of hydrogen-bond donors (Lipinski definition) is 0. The molecule has 6 nitrogen and oxygen atoms in total. The standard InChI is InChI=1S/C36H64N2O4/c1-5-7-9-11-13-15-19-27-37(3)29-21-23-31-41-35(39)33-25-17-18-26-34(33)36(40)42-32-24-22-30-38(4)28-20-16-14-12-10-8-6-2/h17-18,25-26H,5-16,19-24,27-32H2,1-4H3. The summed E-state index contributed by atoms with van der Waals surface area (Å²) in [4.78, 5) is 30.2. The third-order valence-corrected chi connectivity index (χ3v) is 7.99. The van der Waals surface area contributed by atoms with E-state index in [1.807, 2.05) is 0 Å². The van der Waals surface area contributed by atoms with Crippen LogP contribution in [0, 0.1) is 0 Å². The quantitative estimate of drug-likeness (QED) is 0.0719. The maximum absolute atomic E-state index is 12.7. The van der Waals surface area contributed by atoms with Crippen LogP contribution in [0.15, 0.2) is 24.3 Å². The summed E-state index contributed by atoms with van der Waals surface area (Å²) < 4.78 is 11.0. The highest BCUT2D eigenvalue weighted by Crippen LogP contribution is 2.14. The molecule has 0 unspecified atom stereocenters. The van der Waals surface area contributed by atoms with Gasteiger partial charge in [0.1, 0.15) is 0 Å². The Hall–Kier alpha value is -1.92. The van der Waals surface area contributed by atoms with Gasteiger partial charge in [-0.3, -0.25) is 0 Å². The van der Waals surface area contributed by atoms with Crippen LogP contribution in [0.3, 0.4) is 0 Å². The summed E-state index contributed by atoms with van der Waals surface area (Å²) in [5.74, 6) is -0.906. The van der Waals surface area contributed by atoms with Crippen molar-refractivity contribution in [2.75, 3.05) is 53.5 Å². The predicted octanol–water partition coefficient (Wildman–Crippen LogP) is 8.93. The van der Waals surface area contributed by atoms with Crippen LogP contribution in [0.25, 0.3) is 0 Å². The second-order valence-corrected chi connectivity index (χ2v) is 12.1. The highest BCUT2D eigenvalue weighted by Gasteiger charge is 2.19. The summed E-state index contributed by atoms with van der Waals surface area (Å²) in [6.45, 7) is 9.49. The Labute approximate surface area is 258 Å². The number of hydrogen-bond acceptors (Lipinski definition) is 6. The van der Waals surface area contributed by atoms with Crippen LogP contribution in [-0.2, 0) is 9.47 Å². The van der Waals surface area contributed by atoms with Crippen LogP contribution in [0.5, 0.6) is 0 Å². The van der Waals surface area contributed by atoms with Gasteiger partial charge < -0.3 is 19.3 Å². The summed E-state index contributed by atoms with van der Waals surface area (Å²) >= 11 is 0. The molecule has 0 bridgehead atoms. The third-order valence-electron chi connectivity index (χ3n) is 7.99. The third kappa shape index (κ3) is 20.1. The van der Waals surface area contributed by atoms with E-state index >= 15 is 0 Å². The van der Waals surface area contributed by atoms with Gasteiger partial charge in [0.15, 0.2) is 0 Å². The first-order valence-corrected chi connectivity index (χ1v) is 17.3. The smallest absolute Gasteiger partial charge is 0.339 e. The molecule has 0 N–H and O–H groups in total. The first-order chi connectivity index (χ1) is 20.5. The van der Waals surface area contributed by atoms with Gasteiger partial charge in [-0.25, -0.2) is 9.59 Å². The molecule has 0 spiro atoms. The molecular weight excluding hydrogens is 524 g/mol. The lowest BCUT2D eigenvalue weighted by molar-refractivity contribution is 0.0448. The highest BCUT2D eigenvalue weighted by molar-refractivity contribution is 6.03. The molecule has 0 aliphatic heterocycles. The molecule has 0 heterocycles. The van der Waals surface area contributed by atoms with E-state index in [0.717, 1.165) is 51.9 Å². The fraction of sp³-hybridized carbons (Fsp3) is 0.778. The van der Waals surface area contributed by atoms with E-state index in [0.29, 0.717) is 13.2 Å². The lowest BCUT2D eigenvalue weighted by Gasteiger charge is -2.16. The van der Waals surface area contributed by atoms with Crippen molar-refractivity contribution in [1.82, 2.24) is 9.80 Å². The van der Waals surface area contributed by atoms with E-state index in [9.17, 15) is 9.59 Å². The minimum absolute atomic E-state index is 0.285. The summed E-state index contributed by atoms with van der Waals surface area (Å²) in [5.41, 5.74) is 0.570. The van der Waals surface area contributed by atoms with Gasteiger partial charge >= 0.3 is 11.9 Å². The molecular formula is C36H64N2O4. The van der Waals surface area contributed by atoms with Crippen molar-refractivity contribution in [3.8, 4) is 0 Å². The van der Waals surface area contributed by atoms with Crippen molar-refractivity contribution in [1.29, 1.82) is 0 Å². The minimum Gasteiger partial charge on any atom is -0.462 e. The monoisotopic (exact) mass is 588 g/mol. The maximum Gasteiger partial charge on any atom is 0.339 e. The zero-order valence-electron chi connectivity index (χ0n) is 27.8. The second-order valence-electron chi connectivity index (χ2n) is 12.1. The molecule has 0 saturated heterocycles. The number of benzene rings is 1. The highest BCUT2D eigenvalue weighted by atomic mass is 16.5. The van der Waals surface area contributed by atoms with Crippen molar-refractivity contribution in [3.05, 3.63) is 35.4 Å². The fourth-order valence-corrected chi connectivity index (χ4v) is 5.19. The Balaban J connectivity index is 2.18. The topological polar surface area (TPSA) is 59.1 Å². The van der Waals surface area contributed by atoms with Crippen LogP contribution >= 0.6 is 0 Å². The Morgan fingerprint density at radius 2 is 0.810 bits per heavy atom. The van der Waals surface area contributed by atoms with Crippen molar-refractivity contribution in [2.45, 2.75) is 129 Å². The molecule has 0 amide bonds. The average molecular weight is 589 g/mol. The normalized spacial score (nSPS) is 11.4. The van der Waals surface area contributed by atoms with Crippen molar-refractivity contribution >= 4 is 11.9 Å². The van der Waals surface area contributed by atoms with Crippen molar-refractivity contribution in [3.63, 3.8) is 0 Å². The number of rotatable bonds is 28. The van der Waals surface area contributed by atoms with Crippen LogP contribution in [0.1, 0.15) is 150 Å². The predicted molar refractivity (Wildman–Crippen MR) is 176 cm³/mol. The van der Waals surface area contributed by atoms with Crippen LogP contribution in [0.2, 0.25) is 0 Å². The minimum atomic E-state index is -0.453.